The molecule has 1 aromatic carbocycles. The molecular formula is C20H22ClN5O3. The summed E-state index contributed by atoms with van der Waals surface area (Å²) in [5.41, 5.74) is 2.24. The molecule has 0 bridgehead atoms. The fraction of sp³-hybridized carbons (Fsp3) is 0.250. The molecule has 1 aliphatic heterocycles. The lowest BCUT2D eigenvalue weighted by atomic mass is 10.1. The second-order valence-electron chi connectivity index (χ2n) is 6.48. The Labute approximate surface area is 173 Å². The van der Waals surface area contributed by atoms with E-state index in [-0.39, 0.29) is 16.6 Å². The van der Waals surface area contributed by atoms with Gasteiger partial charge in [-0.15, -0.1) is 0 Å². The summed E-state index contributed by atoms with van der Waals surface area (Å²) < 4.78 is 6.87. The van der Waals surface area contributed by atoms with Gasteiger partial charge in [0.05, 0.1) is 24.5 Å². The number of urea groups is 1. The Hall–Kier alpha value is -3.10. The van der Waals surface area contributed by atoms with Gasteiger partial charge in [0, 0.05) is 42.5 Å². The molecule has 1 saturated heterocycles. The average Bonchev–Trinajstić information content (AvgIpc) is 3.08. The van der Waals surface area contributed by atoms with E-state index >= 15 is 0 Å². The highest BCUT2D eigenvalue weighted by molar-refractivity contribution is 6.35. The third-order valence-electron chi connectivity index (χ3n) is 4.45. The van der Waals surface area contributed by atoms with Gasteiger partial charge in [0.15, 0.2) is 0 Å². The molecule has 0 radical (unpaired) electrons. The highest BCUT2D eigenvalue weighted by Crippen LogP contribution is 2.24. The minimum absolute atomic E-state index is 0.0965. The number of carbonyl (C=O) groups is 2. The number of nitrogens with zero attached hydrogens (tertiary/aromatic N) is 3. The van der Waals surface area contributed by atoms with Crippen LogP contribution in [0.25, 0.3) is 11.3 Å². The number of nitrogens with one attached hydrogen (secondary N) is 2. The topological polar surface area (TPSA) is 88.5 Å². The maximum atomic E-state index is 12.4. The fourth-order valence-electron chi connectivity index (χ4n) is 2.73. The Balaban J connectivity index is 1.67. The van der Waals surface area contributed by atoms with Gasteiger partial charge in [0.2, 0.25) is 0 Å². The summed E-state index contributed by atoms with van der Waals surface area (Å²) in [6, 6.07) is 8.76. The summed E-state index contributed by atoms with van der Waals surface area (Å²) in [5, 5.41) is 10.1. The van der Waals surface area contributed by atoms with E-state index in [1.165, 1.54) is 0 Å². The molecule has 2 aromatic rings. The van der Waals surface area contributed by atoms with E-state index < -0.39 is 5.91 Å². The highest BCUT2D eigenvalue weighted by atomic mass is 35.5. The normalized spacial score (nSPS) is 13.7. The summed E-state index contributed by atoms with van der Waals surface area (Å²) >= 11 is 5.69. The molecule has 2 N–H and O–H groups in total. The number of benzene rings is 1. The van der Waals surface area contributed by atoms with E-state index in [1.807, 2.05) is 12.1 Å². The van der Waals surface area contributed by atoms with Gasteiger partial charge in [0.25, 0.3) is 5.91 Å². The first-order valence-corrected chi connectivity index (χ1v) is 9.36. The standard InChI is InChI=1S/C20H22ClN5O3/c1-13(14(2)21)19(27)22-16-6-4-15(5-7-16)17-12-18(25(3)24-17)23-20(28)26-8-10-29-11-9-26/h4-7,12H,1-2,8-11H2,3H3,(H,22,27)(H,23,28). The maximum absolute atomic E-state index is 12.4. The lowest BCUT2D eigenvalue weighted by molar-refractivity contribution is -0.112. The number of aryl methyl sites for hydroxylation is 1. The average molecular weight is 416 g/mol. The van der Waals surface area contributed by atoms with Gasteiger partial charge in [0.1, 0.15) is 5.82 Å². The van der Waals surface area contributed by atoms with Gasteiger partial charge in [-0.3, -0.25) is 14.8 Å². The number of anilines is 2. The molecule has 1 fully saturated rings. The Morgan fingerprint density at radius 3 is 2.41 bits per heavy atom. The van der Waals surface area contributed by atoms with Crippen molar-refractivity contribution in [3.63, 3.8) is 0 Å². The van der Waals surface area contributed by atoms with Crippen LogP contribution in [0.3, 0.4) is 0 Å². The molecule has 2 heterocycles. The molecule has 0 saturated carbocycles. The zero-order valence-electron chi connectivity index (χ0n) is 16.1. The quantitative estimate of drug-likeness (QED) is 0.579. The molecule has 9 heteroatoms. The summed E-state index contributed by atoms with van der Waals surface area (Å²) in [4.78, 5) is 26.0. The van der Waals surface area contributed by atoms with Crippen LogP contribution in [0.1, 0.15) is 0 Å². The second kappa shape index (κ2) is 8.93. The van der Waals surface area contributed by atoms with Crippen molar-refractivity contribution in [2.45, 2.75) is 0 Å². The number of halogens is 1. The molecule has 0 atom stereocenters. The summed E-state index contributed by atoms with van der Waals surface area (Å²) in [5.74, 6) is 0.175. The van der Waals surface area contributed by atoms with Crippen LogP contribution in [0.2, 0.25) is 0 Å². The van der Waals surface area contributed by atoms with E-state index in [0.29, 0.717) is 43.5 Å². The van der Waals surface area contributed by atoms with E-state index in [0.717, 1.165) is 5.56 Å². The molecule has 0 unspecified atom stereocenters. The van der Waals surface area contributed by atoms with Crippen molar-refractivity contribution >= 4 is 35.0 Å². The molecule has 3 rings (SSSR count). The largest absolute Gasteiger partial charge is 0.378 e. The Morgan fingerprint density at radius 1 is 1.14 bits per heavy atom. The zero-order chi connectivity index (χ0) is 21.0. The number of hydrogen-bond donors (Lipinski definition) is 2. The predicted octanol–water partition coefficient (Wildman–Crippen LogP) is 3.20. The number of morpholine rings is 1. The van der Waals surface area contributed by atoms with Crippen LogP contribution in [0.5, 0.6) is 0 Å². The summed E-state index contributed by atoms with van der Waals surface area (Å²) in [6.45, 7) is 9.28. The Kier molecular flexibility index (Phi) is 6.36. The Morgan fingerprint density at radius 2 is 1.79 bits per heavy atom. The van der Waals surface area contributed by atoms with Crippen molar-refractivity contribution < 1.29 is 14.3 Å². The second-order valence-corrected chi connectivity index (χ2v) is 6.94. The van der Waals surface area contributed by atoms with Crippen molar-refractivity contribution in [2.75, 3.05) is 36.9 Å². The lowest BCUT2D eigenvalue weighted by Gasteiger charge is -2.26. The summed E-state index contributed by atoms with van der Waals surface area (Å²) in [6.07, 6.45) is 0. The van der Waals surface area contributed by atoms with Crippen molar-refractivity contribution in [3.05, 3.63) is 54.1 Å². The Bertz CT molecular complexity index is 946. The van der Waals surface area contributed by atoms with Crippen LogP contribution in [-0.2, 0) is 16.6 Å². The number of hydrogen-bond acceptors (Lipinski definition) is 4. The molecule has 8 nitrogen and oxygen atoms in total. The molecule has 0 aliphatic carbocycles. The monoisotopic (exact) mass is 415 g/mol. The van der Waals surface area contributed by atoms with Gasteiger partial charge in [-0.2, -0.15) is 5.10 Å². The first-order chi connectivity index (χ1) is 13.8. The van der Waals surface area contributed by atoms with E-state index in [2.05, 4.69) is 28.9 Å². The van der Waals surface area contributed by atoms with E-state index in [9.17, 15) is 9.59 Å². The van der Waals surface area contributed by atoms with E-state index in [1.54, 1.807) is 34.8 Å². The molecule has 0 spiro atoms. The van der Waals surface area contributed by atoms with Gasteiger partial charge in [-0.1, -0.05) is 36.9 Å². The first kappa shape index (κ1) is 20.6. The number of ether oxygens (including phenoxy) is 1. The molecule has 152 valence electrons. The number of aromatic nitrogens is 2. The third-order valence-corrected chi connectivity index (χ3v) is 4.68. The molecule has 1 aliphatic rings. The molecule has 1 aromatic heterocycles. The van der Waals surface area contributed by atoms with Gasteiger partial charge in [-0.25, -0.2) is 4.79 Å². The van der Waals surface area contributed by atoms with Crippen LogP contribution in [-0.4, -0.2) is 52.9 Å². The number of carbonyl (C=O) groups excluding carboxylic acids is 2. The summed E-state index contributed by atoms with van der Waals surface area (Å²) in [7, 11) is 1.76. The first-order valence-electron chi connectivity index (χ1n) is 8.98. The van der Waals surface area contributed by atoms with Crippen LogP contribution in [0.15, 0.2) is 54.1 Å². The van der Waals surface area contributed by atoms with Gasteiger partial charge in [-0.05, 0) is 12.1 Å². The van der Waals surface area contributed by atoms with Crippen LogP contribution >= 0.6 is 11.6 Å². The third kappa shape index (κ3) is 5.04. The SMILES string of the molecule is C=C(Cl)C(=C)C(=O)Nc1ccc(-c2cc(NC(=O)N3CCOCC3)n(C)n2)cc1. The predicted molar refractivity (Wildman–Crippen MR) is 113 cm³/mol. The fourth-order valence-corrected chi connectivity index (χ4v) is 2.82. The van der Waals surface area contributed by atoms with Crippen molar-refractivity contribution in [1.29, 1.82) is 0 Å². The number of rotatable bonds is 5. The highest BCUT2D eigenvalue weighted by Gasteiger charge is 2.18. The van der Waals surface area contributed by atoms with Crippen molar-refractivity contribution in [3.8, 4) is 11.3 Å². The maximum Gasteiger partial charge on any atom is 0.323 e. The molecular weight excluding hydrogens is 394 g/mol. The van der Waals surface area contributed by atoms with Crippen LogP contribution in [0.4, 0.5) is 16.3 Å². The minimum Gasteiger partial charge on any atom is -0.378 e. The lowest BCUT2D eigenvalue weighted by Crippen LogP contribution is -2.43. The van der Waals surface area contributed by atoms with Crippen LogP contribution < -0.4 is 10.6 Å². The molecule has 3 amide bonds. The van der Waals surface area contributed by atoms with Crippen molar-refractivity contribution in [1.82, 2.24) is 14.7 Å². The van der Waals surface area contributed by atoms with Gasteiger partial charge >= 0.3 is 6.03 Å². The van der Waals surface area contributed by atoms with Crippen LogP contribution in [0, 0.1) is 0 Å². The minimum atomic E-state index is -0.413. The number of amides is 3. The zero-order valence-corrected chi connectivity index (χ0v) is 16.8. The van der Waals surface area contributed by atoms with Crippen molar-refractivity contribution in [2.24, 2.45) is 7.05 Å². The molecule has 29 heavy (non-hydrogen) atoms. The van der Waals surface area contributed by atoms with Gasteiger partial charge < -0.3 is 15.0 Å². The smallest absolute Gasteiger partial charge is 0.323 e. The van der Waals surface area contributed by atoms with E-state index in [4.69, 9.17) is 16.3 Å².